The van der Waals surface area contributed by atoms with Gasteiger partial charge in [0.25, 0.3) is 0 Å². The summed E-state index contributed by atoms with van der Waals surface area (Å²) >= 11 is 7.55. The average Bonchev–Trinajstić information content (AvgIpc) is 2.92. The van der Waals surface area contributed by atoms with E-state index in [1.165, 1.54) is 4.88 Å². The van der Waals surface area contributed by atoms with Crippen LogP contribution in [0.5, 0.6) is 0 Å². The smallest absolute Gasteiger partial charge is 0.157 e. The number of rotatable bonds is 3. The van der Waals surface area contributed by atoms with Gasteiger partial charge in [0.15, 0.2) is 5.65 Å². The van der Waals surface area contributed by atoms with E-state index in [-0.39, 0.29) is 0 Å². The number of anilines is 1. The number of nitrogens with zero attached hydrogens (tertiary/aromatic N) is 3. The summed E-state index contributed by atoms with van der Waals surface area (Å²) < 4.78 is 1.80. The zero-order valence-electron chi connectivity index (χ0n) is 10.6. The first-order chi connectivity index (χ1) is 9.13. The Balaban J connectivity index is 1.83. The van der Waals surface area contributed by atoms with Crippen molar-refractivity contribution in [1.82, 2.24) is 14.8 Å². The van der Waals surface area contributed by atoms with Gasteiger partial charge < -0.3 is 5.32 Å². The van der Waals surface area contributed by atoms with Gasteiger partial charge in [0.2, 0.25) is 0 Å². The van der Waals surface area contributed by atoms with Crippen molar-refractivity contribution in [1.29, 1.82) is 0 Å². The highest BCUT2D eigenvalue weighted by molar-refractivity contribution is 7.10. The summed E-state index contributed by atoms with van der Waals surface area (Å²) in [6.45, 7) is 2.75. The summed E-state index contributed by atoms with van der Waals surface area (Å²) in [5.74, 6) is 0. The van der Waals surface area contributed by atoms with Crippen LogP contribution in [0.1, 0.15) is 10.6 Å². The fraction of sp³-hybridized carbons (Fsp3) is 0.231. The van der Waals surface area contributed by atoms with E-state index >= 15 is 0 Å². The van der Waals surface area contributed by atoms with Crippen molar-refractivity contribution in [3.05, 3.63) is 39.3 Å². The van der Waals surface area contributed by atoms with Crippen molar-refractivity contribution in [2.45, 2.75) is 13.5 Å². The monoisotopic (exact) mass is 292 g/mol. The maximum absolute atomic E-state index is 5.90. The lowest BCUT2D eigenvalue weighted by Gasteiger charge is -2.04. The summed E-state index contributed by atoms with van der Waals surface area (Å²) in [5, 5.41) is 11.5. The molecule has 0 saturated carbocycles. The average molecular weight is 293 g/mol. The molecule has 1 N–H and O–H groups in total. The van der Waals surface area contributed by atoms with Gasteiger partial charge in [-0.1, -0.05) is 11.6 Å². The van der Waals surface area contributed by atoms with Crippen LogP contribution in [-0.4, -0.2) is 14.8 Å². The molecule has 0 atom stereocenters. The molecule has 0 aliphatic rings. The molecule has 0 aliphatic carbocycles. The molecule has 0 spiro atoms. The van der Waals surface area contributed by atoms with Gasteiger partial charge in [-0.15, -0.1) is 11.3 Å². The van der Waals surface area contributed by atoms with Crippen molar-refractivity contribution in [3.63, 3.8) is 0 Å². The molecule has 3 aromatic heterocycles. The second kappa shape index (κ2) is 4.83. The fourth-order valence-electron chi connectivity index (χ4n) is 2.04. The van der Waals surface area contributed by atoms with E-state index in [0.717, 1.165) is 34.0 Å². The van der Waals surface area contributed by atoms with Crippen molar-refractivity contribution in [3.8, 4) is 0 Å². The Labute approximate surface area is 120 Å². The van der Waals surface area contributed by atoms with E-state index in [4.69, 9.17) is 11.6 Å². The van der Waals surface area contributed by atoms with Crippen molar-refractivity contribution in [2.75, 3.05) is 5.32 Å². The minimum Gasteiger partial charge on any atom is -0.379 e. The number of fused-ring (bicyclic) bond motifs is 1. The first kappa shape index (κ1) is 12.4. The third kappa shape index (κ3) is 2.43. The van der Waals surface area contributed by atoms with Gasteiger partial charge in [0.05, 0.1) is 22.6 Å². The number of hydrogen-bond acceptors (Lipinski definition) is 4. The van der Waals surface area contributed by atoms with E-state index in [1.54, 1.807) is 16.0 Å². The van der Waals surface area contributed by atoms with Gasteiger partial charge in [-0.3, -0.25) is 4.68 Å². The molecule has 19 heavy (non-hydrogen) atoms. The SMILES string of the molecule is Cc1nn(C)c2ncc(NCc3cc(Cl)cs3)cc12. The minimum absolute atomic E-state index is 0.754. The van der Waals surface area contributed by atoms with Gasteiger partial charge in [-0.05, 0) is 19.1 Å². The van der Waals surface area contributed by atoms with Gasteiger partial charge in [-0.2, -0.15) is 5.10 Å². The van der Waals surface area contributed by atoms with Crippen molar-refractivity contribution in [2.24, 2.45) is 7.05 Å². The van der Waals surface area contributed by atoms with Gasteiger partial charge >= 0.3 is 0 Å². The number of aromatic nitrogens is 3. The maximum atomic E-state index is 5.90. The Morgan fingerprint density at radius 1 is 1.42 bits per heavy atom. The predicted octanol–water partition coefficient (Wildman–Crippen LogP) is 3.60. The highest BCUT2D eigenvalue weighted by Gasteiger charge is 2.07. The molecular formula is C13H13ClN4S. The van der Waals surface area contributed by atoms with Crippen molar-refractivity contribution < 1.29 is 0 Å². The van der Waals surface area contributed by atoms with Crippen LogP contribution in [0.15, 0.2) is 23.7 Å². The number of halogens is 1. The normalized spacial score (nSPS) is 11.1. The molecule has 6 heteroatoms. The fourth-order valence-corrected chi connectivity index (χ4v) is 3.05. The molecule has 3 heterocycles. The van der Waals surface area contributed by atoms with Gasteiger partial charge in [0, 0.05) is 29.2 Å². The molecular weight excluding hydrogens is 280 g/mol. The summed E-state index contributed by atoms with van der Waals surface area (Å²) in [5.41, 5.74) is 2.89. The third-order valence-electron chi connectivity index (χ3n) is 2.95. The van der Waals surface area contributed by atoms with Crippen LogP contribution in [0.2, 0.25) is 5.02 Å². The zero-order valence-corrected chi connectivity index (χ0v) is 12.2. The van der Waals surface area contributed by atoms with E-state index < -0.39 is 0 Å². The number of thiophene rings is 1. The van der Waals surface area contributed by atoms with E-state index in [9.17, 15) is 0 Å². The molecule has 0 saturated heterocycles. The lowest BCUT2D eigenvalue weighted by molar-refractivity contribution is 0.774. The van der Waals surface area contributed by atoms with E-state index in [2.05, 4.69) is 21.5 Å². The molecule has 0 bridgehead atoms. The van der Waals surface area contributed by atoms with E-state index in [1.807, 2.05) is 31.6 Å². The predicted molar refractivity (Wildman–Crippen MR) is 79.9 cm³/mol. The maximum Gasteiger partial charge on any atom is 0.157 e. The summed E-state index contributed by atoms with van der Waals surface area (Å²) in [4.78, 5) is 5.64. The molecule has 0 amide bonds. The van der Waals surface area contributed by atoms with Crippen LogP contribution >= 0.6 is 22.9 Å². The standard InChI is InChI=1S/C13H13ClN4S/c1-8-12-4-10(5-16-13(12)18(2)17-8)15-6-11-3-9(14)7-19-11/h3-5,7,15H,6H2,1-2H3. The van der Waals surface area contributed by atoms with Crippen LogP contribution in [0, 0.1) is 6.92 Å². The van der Waals surface area contributed by atoms with Crippen LogP contribution in [0.3, 0.4) is 0 Å². The van der Waals surface area contributed by atoms with Gasteiger partial charge in [-0.25, -0.2) is 4.98 Å². The first-order valence-electron chi connectivity index (χ1n) is 5.89. The molecule has 3 rings (SSSR count). The first-order valence-corrected chi connectivity index (χ1v) is 7.15. The molecule has 4 nitrogen and oxygen atoms in total. The molecule has 3 aromatic rings. The Bertz CT molecular complexity index is 731. The van der Waals surface area contributed by atoms with Crippen LogP contribution in [0.4, 0.5) is 5.69 Å². The molecule has 0 aromatic carbocycles. The Morgan fingerprint density at radius 3 is 3.00 bits per heavy atom. The lowest BCUT2D eigenvalue weighted by Crippen LogP contribution is -1.98. The summed E-state index contributed by atoms with van der Waals surface area (Å²) in [7, 11) is 1.91. The highest BCUT2D eigenvalue weighted by atomic mass is 35.5. The summed E-state index contributed by atoms with van der Waals surface area (Å²) in [6, 6.07) is 4.06. The highest BCUT2D eigenvalue weighted by Crippen LogP contribution is 2.22. The van der Waals surface area contributed by atoms with Crippen molar-refractivity contribution >= 4 is 39.7 Å². The second-order valence-corrected chi connectivity index (χ2v) is 5.82. The minimum atomic E-state index is 0.754. The van der Waals surface area contributed by atoms with E-state index in [0.29, 0.717) is 0 Å². The summed E-state index contributed by atoms with van der Waals surface area (Å²) in [6.07, 6.45) is 1.83. The number of nitrogens with one attached hydrogen (secondary N) is 1. The topological polar surface area (TPSA) is 42.7 Å². The molecule has 0 fully saturated rings. The Hall–Kier alpha value is -1.59. The number of hydrogen-bond donors (Lipinski definition) is 1. The number of pyridine rings is 1. The quantitative estimate of drug-likeness (QED) is 0.802. The number of aryl methyl sites for hydroxylation is 2. The second-order valence-electron chi connectivity index (χ2n) is 4.39. The Kier molecular flexibility index (Phi) is 3.16. The third-order valence-corrected chi connectivity index (χ3v) is 4.24. The molecule has 0 unspecified atom stereocenters. The van der Waals surface area contributed by atoms with Gasteiger partial charge in [0.1, 0.15) is 0 Å². The van der Waals surface area contributed by atoms with Crippen LogP contribution in [0.25, 0.3) is 11.0 Å². The molecule has 0 radical (unpaired) electrons. The zero-order chi connectivity index (χ0) is 13.4. The largest absolute Gasteiger partial charge is 0.379 e. The Morgan fingerprint density at radius 2 is 2.26 bits per heavy atom. The molecule has 98 valence electrons. The van der Waals surface area contributed by atoms with Crippen LogP contribution < -0.4 is 5.32 Å². The van der Waals surface area contributed by atoms with Crippen LogP contribution in [-0.2, 0) is 13.6 Å². The molecule has 0 aliphatic heterocycles. The lowest BCUT2D eigenvalue weighted by atomic mass is 10.2.